The van der Waals surface area contributed by atoms with E-state index < -0.39 is 11.8 Å². The first-order valence-corrected chi connectivity index (χ1v) is 7.15. The van der Waals surface area contributed by atoms with Crippen LogP contribution in [0.3, 0.4) is 0 Å². The Morgan fingerprint density at radius 1 is 1.21 bits per heavy atom. The van der Waals surface area contributed by atoms with Crippen LogP contribution in [-0.4, -0.2) is 55.5 Å². The van der Waals surface area contributed by atoms with Crippen molar-refractivity contribution in [3.63, 3.8) is 0 Å². The van der Waals surface area contributed by atoms with Crippen molar-refractivity contribution in [3.05, 3.63) is 0 Å². The average molecular weight is 270 g/mol. The molecule has 1 aliphatic rings. The van der Waals surface area contributed by atoms with E-state index in [1.165, 1.54) is 19.3 Å². The van der Waals surface area contributed by atoms with E-state index in [2.05, 4.69) is 22.5 Å². The normalized spacial score (nSPS) is 20.0. The van der Waals surface area contributed by atoms with Gasteiger partial charge in [0.1, 0.15) is 0 Å². The number of carbonyl (C=O) groups excluding carboxylic acids is 2. The number of nitrogens with zero attached hydrogens (tertiary/aromatic N) is 1. The van der Waals surface area contributed by atoms with Crippen LogP contribution in [0.15, 0.2) is 0 Å². The van der Waals surface area contributed by atoms with E-state index in [0.29, 0.717) is 25.7 Å². The van der Waals surface area contributed by atoms with Gasteiger partial charge in [0.05, 0.1) is 0 Å². The van der Waals surface area contributed by atoms with E-state index >= 15 is 0 Å². The first-order valence-electron chi connectivity index (χ1n) is 7.15. The van der Waals surface area contributed by atoms with Crippen LogP contribution in [-0.2, 0) is 9.59 Å². The fraction of sp³-hybridized carbons (Fsp3) is 0.846. The SMILES string of the molecule is CC1CCCCN1CCCNC(=O)C(=O)NCCN. The van der Waals surface area contributed by atoms with Crippen LogP contribution in [0.2, 0.25) is 0 Å². The molecule has 0 bridgehead atoms. The fourth-order valence-electron chi connectivity index (χ4n) is 2.32. The number of hydrogen-bond donors (Lipinski definition) is 3. The topological polar surface area (TPSA) is 87.5 Å². The molecule has 0 radical (unpaired) electrons. The molecule has 2 amide bonds. The summed E-state index contributed by atoms with van der Waals surface area (Å²) in [5.41, 5.74) is 5.24. The number of likely N-dealkylation sites (tertiary alicyclic amines) is 1. The third kappa shape index (κ3) is 6.02. The van der Waals surface area contributed by atoms with Gasteiger partial charge in [-0.3, -0.25) is 9.59 Å². The fourth-order valence-corrected chi connectivity index (χ4v) is 2.32. The molecule has 1 rings (SSSR count). The first-order chi connectivity index (χ1) is 9.15. The summed E-state index contributed by atoms with van der Waals surface area (Å²) in [5.74, 6) is -1.17. The molecule has 0 saturated carbocycles. The second-order valence-electron chi connectivity index (χ2n) is 5.03. The lowest BCUT2D eigenvalue weighted by Gasteiger charge is -2.33. The Kier molecular flexibility index (Phi) is 7.43. The molecular weight excluding hydrogens is 244 g/mol. The van der Waals surface area contributed by atoms with Gasteiger partial charge < -0.3 is 21.3 Å². The van der Waals surface area contributed by atoms with E-state index in [-0.39, 0.29) is 0 Å². The van der Waals surface area contributed by atoms with Gasteiger partial charge in [-0.15, -0.1) is 0 Å². The van der Waals surface area contributed by atoms with Crippen LogP contribution < -0.4 is 16.4 Å². The maximum atomic E-state index is 11.4. The highest BCUT2D eigenvalue weighted by atomic mass is 16.2. The monoisotopic (exact) mass is 270 g/mol. The summed E-state index contributed by atoms with van der Waals surface area (Å²) >= 11 is 0. The van der Waals surface area contributed by atoms with Gasteiger partial charge in [-0.05, 0) is 32.7 Å². The Hall–Kier alpha value is -1.14. The van der Waals surface area contributed by atoms with Gasteiger partial charge in [-0.25, -0.2) is 0 Å². The molecule has 110 valence electrons. The molecule has 0 aromatic carbocycles. The molecule has 1 aliphatic heterocycles. The van der Waals surface area contributed by atoms with E-state index in [1.807, 2.05) is 0 Å². The van der Waals surface area contributed by atoms with Gasteiger partial charge in [-0.1, -0.05) is 6.42 Å². The Morgan fingerprint density at radius 2 is 1.89 bits per heavy atom. The maximum Gasteiger partial charge on any atom is 0.309 e. The molecule has 0 spiro atoms. The van der Waals surface area contributed by atoms with Gasteiger partial charge >= 0.3 is 11.8 Å². The highest BCUT2D eigenvalue weighted by molar-refractivity contribution is 6.35. The minimum absolute atomic E-state index is 0.331. The lowest BCUT2D eigenvalue weighted by atomic mass is 10.0. The van der Waals surface area contributed by atoms with E-state index in [4.69, 9.17) is 5.73 Å². The number of rotatable bonds is 6. The Balaban J connectivity index is 2.09. The zero-order valence-corrected chi connectivity index (χ0v) is 11.8. The van der Waals surface area contributed by atoms with Crippen LogP contribution in [0, 0.1) is 0 Å². The van der Waals surface area contributed by atoms with Gasteiger partial charge in [-0.2, -0.15) is 0 Å². The predicted octanol–water partition coefficient (Wildman–Crippen LogP) is -0.558. The number of piperidine rings is 1. The Bertz CT molecular complexity index is 296. The Labute approximate surface area is 115 Å². The molecule has 6 heteroatoms. The van der Waals surface area contributed by atoms with E-state index in [0.717, 1.165) is 19.5 Å². The molecule has 1 atom stereocenters. The smallest absolute Gasteiger partial charge is 0.309 e. The van der Waals surface area contributed by atoms with Crippen molar-refractivity contribution in [2.24, 2.45) is 5.73 Å². The van der Waals surface area contributed by atoms with E-state index in [9.17, 15) is 9.59 Å². The zero-order valence-electron chi connectivity index (χ0n) is 11.8. The molecule has 4 N–H and O–H groups in total. The average Bonchev–Trinajstić information content (AvgIpc) is 2.42. The van der Waals surface area contributed by atoms with Crippen LogP contribution in [0.5, 0.6) is 0 Å². The highest BCUT2D eigenvalue weighted by Crippen LogP contribution is 2.15. The van der Waals surface area contributed by atoms with Gasteiger partial charge in [0.2, 0.25) is 0 Å². The van der Waals surface area contributed by atoms with Gasteiger partial charge in [0, 0.05) is 32.2 Å². The van der Waals surface area contributed by atoms with Crippen LogP contribution >= 0.6 is 0 Å². The molecule has 0 aromatic rings. The van der Waals surface area contributed by atoms with Crippen molar-refractivity contribution in [1.29, 1.82) is 0 Å². The van der Waals surface area contributed by atoms with E-state index in [1.54, 1.807) is 0 Å². The first kappa shape index (κ1) is 15.9. The lowest BCUT2D eigenvalue weighted by molar-refractivity contribution is -0.139. The Morgan fingerprint density at radius 3 is 2.53 bits per heavy atom. The largest absolute Gasteiger partial charge is 0.348 e. The van der Waals surface area contributed by atoms with Crippen molar-refractivity contribution in [1.82, 2.24) is 15.5 Å². The second-order valence-corrected chi connectivity index (χ2v) is 5.03. The van der Waals surface area contributed by atoms with Gasteiger partial charge in [0.25, 0.3) is 0 Å². The summed E-state index contributed by atoms with van der Waals surface area (Å²) < 4.78 is 0. The summed E-state index contributed by atoms with van der Waals surface area (Å²) in [7, 11) is 0. The quantitative estimate of drug-likeness (QED) is 0.446. The summed E-state index contributed by atoms with van der Waals surface area (Å²) in [6, 6.07) is 0.636. The molecule has 1 saturated heterocycles. The summed E-state index contributed by atoms with van der Waals surface area (Å²) in [5, 5.41) is 5.07. The number of carbonyl (C=O) groups is 2. The second kappa shape index (κ2) is 8.87. The highest BCUT2D eigenvalue weighted by Gasteiger charge is 2.17. The third-order valence-electron chi connectivity index (χ3n) is 3.48. The van der Waals surface area contributed by atoms with Crippen molar-refractivity contribution >= 4 is 11.8 Å². The van der Waals surface area contributed by atoms with Crippen LogP contribution in [0.1, 0.15) is 32.6 Å². The molecular formula is C13H26N4O2. The molecule has 0 aromatic heterocycles. The number of nitrogens with one attached hydrogen (secondary N) is 2. The molecule has 1 fully saturated rings. The predicted molar refractivity (Wildman–Crippen MR) is 74.6 cm³/mol. The minimum atomic E-state index is -0.600. The minimum Gasteiger partial charge on any atom is -0.348 e. The number of hydrogen-bond acceptors (Lipinski definition) is 4. The molecule has 19 heavy (non-hydrogen) atoms. The summed E-state index contributed by atoms with van der Waals surface area (Å²) in [6.45, 7) is 5.58. The standard InChI is InChI=1S/C13H26N4O2/c1-11-5-2-3-9-17(11)10-4-7-15-12(18)13(19)16-8-6-14/h11H,2-10,14H2,1H3,(H,15,18)(H,16,19). The number of amides is 2. The molecule has 0 aliphatic carbocycles. The van der Waals surface area contributed by atoms with Crippen molar-refractivity contribution in [2.75, 3.05) is 32.7 Å². The van der Waals surface area contributed by atoms with Gasteiger partial charge in [0.15, 0.2) is 0 Å². The van der Waals surface area contributed by atoms with Crippen LogP contribution in [0.4, 0.5) is 0 Å². The summed E-state index contributed by atoms with van der Waals surface area (Å²) in [4.78, 5) is 25.1. The third-order valence-corrected chi connectivity index (χ3v) is 3.48. The maximum absolute atomic E-state index is 11.4. The van der Waals surface area contributed by atoms with Crippen LogP contribution in [0.25, 0.3) is 0 Å². The molecule has 1 heterocycles. The number of nitrogens with two attached hydrogens (primary N) is 1. The van der Waals surface area contributed by atoms with Crippen molar-refractivity contribution in [3.8, 4) is 0 Å². The zero-order chi connectivity index (χ0) is 14.1. The lowest BCUT2D eigenvalue weighted by Crippen LogP contribution is -2.43. The van der Waals surface area contributed by atoms with Crippen molar-refractivity contribution < 1.29 is 9.59 Å². The van der Waals surface area contributed by atoms with Crippen molar-refractivity contribution in [2.45, 2.75) is 38.6 Å². The molecule has 6 nitrogen and oxygen atoms in total. The summed E-state index contributed by atoms with van der Waals surface area (Å²) in [6.07, 6.45) is 4.71. The molecule has 1 unspecified atom stereocenters.